The highest BCUT2D eigenvalue weighted by atomic mass is 16.6. The molecule has 232 valence electrons. The van der Waals surface area contributed by atoms with E-state index in [1.165, 1.54) is 7.11 Å². The van der Waals surface area contributed by atoms with Gasteiger partial charge in [0.1, 0.15) is 29.5 Å². The number of piperidine rings is 1. The molecular formula is C31H43NO10. The third-order valence-corrected chi connectivity index (χ3v) is 12.6. The number of methoxy groups -OCH3 is 4. The highest BCUT2D eigenvalue weighted by molar-refractivity contribution is 5.89. The van der Waals surface area contributed by atoms with Crippen LogP contribution in [0.2, 0.25) is 0 Å². The molecule has 4 unspecified atom stereocenters. The van der Waals surface area contributed by atoms with Crippen LogP contribution in [0.1, 0.15) is 23.2 Å². The van der Waals surface area contributed by atoms with Crippen molar-refractivity contribution in [3.05, 3.63) is 35.9 Å². The van der Waals surface area contributed by atoms with Crippen molar-refractivity contribution < 1.29 is 48.9 Å². The molecule has 42 heavy (non-hydrogen) atoms. The van der Waals surface area contributed by atoms with Gasteiger partial charge in [0.15, 0.2) is 0 Å². The van der Waals surface area contributed by atoms with Crippen LogP contribution in [0, 0.1) is 34.5 Å². The number of benzene rings is 1. The fourth-order valence-electron chi connectivity index (χ4n) is 11.8. The minimum Gasteiger partial charge on any atom is -0.455 e. The van der Waals surface area contributed by atoms with E-state index in [1.807, 2.05) is 7.05 Å². The fourth-order valence-corrected chi connectivity index (χ4v) is 11.8. The number of nitrogens with zero attached hydrogens (tertiary/aromatic N) is 1. The average Bonchev–Trinajstić information content (AvgIpc) is 3.37. The Morgan fingerprint density at radius 3 is 2.33 bits per heavy atom. The fraction of sp³-hybridized carbons (Fsp3) is 0.774. The van der Waals surface area contributed by atoms with Gasteiger partial charge in [0.05, 0.1) is 30.5 Å². The number of fused-ring (bicyclic) bond motifs is 2. The molecule has 7 bridgehead atoms. The lowest BCUT2D eigenvalue weighted by molar-refractivity contribution is -0.318. The number of ether oxygens (including phenoxy) is 5. The summed E-state index contributed by atoms with van der Waals surface area (Å²) in [6, 6.07) is 8.22. The van der Waals surface area contributed by atoms with E-state index in [2.05, 4.69) is 4.90 Å². The SMILES string of the molecule is COC[C@]12CN(C)C3C4[C@H](OC)[C@H]1C3(C(OC)C[C@H]2O)[C@H]1C[C@@]2(O)[C@H](OC(=O)c3ccccc3)[C@@H]1[C@]4(O)[C@@H](O)[C@@H]2OC. The molecule has 0 aromatic heterocycles. The Bertz CT molecular complexity index is 1240. The van der Waals surface area contributed by atoms with Gasteiger partial charge in [-0.2, -0.15) is 0 Å². The van der Waals surface area contributed by atoms with Gasteiger partial charge in [-0.3, -0.25) is 0 Å². The molecule has 1 heterocycles. The molecule has 6 fully saturated rings. The van der Waals surface area contributed by atoms with Crippen LogP contribution in [-0.2, 0) is 23.7 Å². The molecule has 1 spiro atoms. The molecule has 15 atom stereocenters. The number of rotatable bonds is 7. The predicted molar refractivity (Wildman–Crippen MR) is 146 cm³/mol. The first kappa shape index (κ1) is 29.1. The van der Waals surface area contributed by atoms with E-state index in [1.54, 1.807) is 51.7 Å². The molecule has 4 N–H and O–H groups in total. The largest absolute Gasteiger partial charge is 0.455 e. The molecule has 1 aliphatic heterocycles. The maximum Gasteiger partial charge on any atom is 0.338 e. The summed E-state index contributed by atoms with van der Waals surface area (Å²) < 4.78 is 30.3. The van der Waals surface area contributed by atoms with E-state index in [4.69, 9.17) is 23.7 Å². The number of carbonyl (C=O) groups is 1. The lowest BCUT2D eigenvalue weighted by atomic mass is 9.42. The third-order valence-electron chi connectivity index (χ3n) is 12.6. The number of aliphatic hydroxyl groups is 4. The van der Waals surface area contributed by atoms with E-state index < -0.39 is 82.4 Å². The van der Waals surface area contributed by atoms with Gasteiger partial charge < -0.3 is 49.0 Å². The summed E-state index contributed by atoms with van der Waals surface area (Å²) in [6.07, 6.45) is -5.28. The number of hydrogen-bond acceptors (Lipinski definition) is 11. The van der Waals surface area contributed by atoms with Gasteiger partial charge in [-0.05, 0) is 31.5 Å². The van der Waals surface area contributed by atoms with Crippen LogP contribution in [-0.4, -0.2) is 134 Å². The molecule has 0 radical (unpaired) electrons. The molecule has 1 aromatic carbocycles. The second-order valence-corrected chi connectivity index (χ2v) is 13.7. The molecule has 5 aliphatic carbocycles. The van der Waals surface area contributed by atoms with Gasteiger partial charge in [-0.25, -0.2) is 4.79 Å². The van der Waals surface area contributed by atoms with E-state index in [0.29, 0.717) is 18.5 Å². The molecule has 1 saturated heterocycles. The Kier molecular flexibility index (Phi) is 6.52. The molecule has 7 rings (SSSR count). The smallest absolute Gasteiger partial charge is 0.338 e. The van der Waals surface area contributed by atoms with Gasteiger partial charge in [0.25, 0.3) is 0 Å². The van der Waals surface area contributed by atoms with Gasteiger partial charge in [-0.15, -0.1) is 0 Å². The van der Waals surface area contributed by atoms with Crippen molar-refractivity contribution in [3.8, 4) is 0 Å². The van der Waals surface area contributed by atoms with Crippen molar-refractivity contribution in [1.82, 2.24) is 4.90 Å². The average molecular weight is 590 g/mol. The Balaban J connectivity index is 1.47. The lowest BCUT2D eigenvalue weighted by Crippen LogP contribution is -2.80. The number of hydrogen-bond donors (Lipinski definition) is 4. The number of likely N-dealkylation sites (tertiary alicyclic amines) is 1. The summed E-state index contributed by atoms with van der Waals surface area (Å²) in [5.41, 5.74) is -4.81. The highest BCUT2D eigenvalue weighted by Crippen LogP contribution is 2.80. The summed E-state index contributed by atoms with van der Waals surface area (Å²) in [5.74, 6) is -2.96. The second-order valence-electron chi connectivity index (χ2n) is 13.7. The Labute approximate surface area is 245 Å². The zero-order chi connectivity index (χ0) is 30.0. The van der Waals surface area contributed by atoms with Crippen molar-refractivity contribution >= 4 is 5.97 Å². The zero-order valence-corrected chi connectivity index (χ0v) is 24.8. The lowest BCUT2D eigenvalue weighted by Gasteiger charge is -2.69. The summed E-state index contributed by atoms with van der Waals surface area (Å²) in [7, 11) is 8.22. The Morgan fingerprint density at radius 2 is 1.71 bits per heavy atom. The second kappa shape index (κ2) is 9.42. The number of carbonyl (C=O) groups excluding carboxylic acids is 1. The molecule has 6 aliphatic rings. The molecule has 5 saturated carbocycles. The van der Waals surface area contributed by atoms with Crippen molar-refractivity contribution in [2.24, 2.45) is 34.5 Å². The summed E-state index contributed by atoms with van der Waals surface area (Å²) >= 11 is 0. The maximum atomic E-state index is 13.5. The Morgan fingerprint density at radius 1 is 1.00 bits per heavy atom. The first-order valence-electron chi connectivity index (χ1n) is 14.9. The van der Waals surface area contributed by atoms with Crippen LogP contribution in [0.5, 0.6) is 0 Å². The van der Waals surface area contributed by atoms with Gasteiger partial charge in [0, 0.05) is 76.0 Å². The quantitative estimate of drug-likeness (QED) is 0.311. The van der Waals surface area contributed by atoms with E-state index >= 15 is 0 Å². The predicted octanol–water partition coefficient (Wildman–Crippen LogP) is -0.313. The van der Waals surface area contributed by atoms with Crippen molar-refractivity contribution in [2.75, 3.05) is 48.6 Å². The van der Waals surface area contributed by atoms with Crippen LogP contribution in [0.4, 0.5) is 0 Å². The van der Waals surface area contributed by atoms with Crippen molar-refractivity contribution in [1.29, 1.82) is 0 Å². The topological polar surface area (TPSA) is 147 Å². The minimum atomic E-state index is -1.86. The normalized spacial score (nSPS) is 53.7. The third kappa shape index (κ3) is 3.05. The monoisotopic (exact) mass is 589 g/mol. The standard InChI is InChI=1S/C31H43NO10/c1-32-13-28(14-38-2)17(33)11-18(39-3)30-16-12-29(36)25(42-27(35)15-9-7-6-8-10-15)19(16)31(37,24(34)26(29)41-5)20(23(30)32)21(40-4)22(28)30/h6-10,16-26,33-34,36-37H,11-14H2,1-5H3/t16-,17+,18?,19+,20?,21-,22+,23?,24-,25+,26-,28-,29+,30?,31+/m0/s1. The molecule has 11 heteroatoms. The number of esters is 1. The molecule has 0 amide bonds. The van der Waals surface area contributed by atoms with Gasteiger partial charge >= 0.3 is 5.97 Å². The summed E-state index contributed by atoms with van der Waals surface area (Å²) in [4.78, 5) is 15.7. The minimum absolute atomic E-state index is 0.102. The zero-order valence-electron chi connectivity index (χ0n) is 24.8. The van der Waals surface area contributed by atoms with Crippen molar-refractivity contribution in [3.63, 3.8) is 0 Å². The van der Waals surface area contributed by atoms with Crippen LogP contribution < -0.4 is 0 Å². The van der Waals surface area contributed by atoms with E-state index in [9.17, 15) is 25.2 Å². The summed E-state index contributed by atoms with van der Waals surface area (Å²) in [6.45, 7) is 0.760. The van der Waals surface area contributed by atoms with Crippen LogP contribution >= 0.6 is 0 Å². The molecule has 11 nitrogen and oxygen atoms in total. The van der Waals surface area contributed by atoms with Crippen LogP contribution in [0.15, 0.2) is 30.3 Å². The molecular weight excluding hydrogens is 546 g/mol. The van der Waals surface area contributed by atoms with Crippen LogP contribution in [0.25, 0.3) is 0 Å². The van der Waals surface area contributed by atoms with E-state index in [0.717, 1.165) is 0 Å². The van der Waals surface area contributed by atoms with Gasteiger partial charge in [-0.1, -0.05) is 18.2 Å². The van der Waals surface area contributed by atoms with Gasteiger partial charge in [0.2, 0.25) is 0 Å². The van der Waals surface area contributed by atoms with Crippen LogP contribution in [0.3, 0.4) is 0 Å². The first-order chi connectivity index (χ1) is 20.0. The maximum absolute atomic E-state index is 13.5. The summed E-state index contributed by atoms with van der Waals surface area (Å²) in [5, 5.41) is 49.4. The first-order valence-corrected chi connectivity index (χ1v) is 14.9. The molecule has 1 aromatic rings. The van der Waals surface area contributed by atoms with E-state index in [-0.39, 0.29) is 25.0 Å². The number of aliphatic hydroxyl groups excluding tert-OH is 2. The Hall–Kier alpha value is -1.67. The highest BCUT2D eigenvalue weighted by Gasteiger charge is 2.91. The van der Waals surface area contributed by atoms with Crippen molar-refractivity contribution in [2.45, 2.75) is 66.7 Å².